The van der Waals surface area contributed by atoms with Crippen molar-refractivity contribution in [2.75, 3.05) is 6.61 Å². The molecule has 110 valence electrons. The molecule has 0 aliphatic carbocycles. The molecular formula is C15H22N2O3. The highest BCUT2D eigenvalue weighted by Gasteiger charge is 2.40. The first-order chi connectivity index (χ1) is 9.65. The zero-order chi connectivity index (χ0) is 14.5. The highest BCUT2D eigenvalue weighted by Crippen LogP contribution is 2.34. The number of carboxylic acids is 1. The molecule has 0 radical (unpaired) electrons. The second-order valence-electron chi connectivity index (χ2n) is 5.16. The first kappa shape index (κ1) is 14.8. The van der Waals surface area contributed by atoms with Crippen LogP contribution in [0.1, 0.15) is 38.3 Å². The van der Waals surface area contributed by atoms with Crippen LogP contribution in [0, 0.1) is 5.92 Å². The molecule has 20 heavy (non-hydrogen) atoms. The van der Waals surface area contributed by atoms with E-state index in [1.807, 2.05) is 31.2 Å². The zero-order valence-corrected chi connectivity index (χ0v) is 11.9. The van der Waals surface area contributed by atoms with Gasteiger partial charge in [-0.15, -0.1) is 0 Å². The van der Waals surface area contributed by atoms with E-state index >= 15 is 0 Å². The summed E-state index contributed by atoms with van der Waals surface area (Å²) in [6.45, 7) is 4.63. The largest absolute Gasteiger partial charge is 0.493 e. The predicted octanol–water partition coefficient (Wildman–Crippen LogP) is 2.10. The van der Waals surface area contributed by atoms with E-state index in [0.717, 1.165) is 24.2 Å². The van der Waals surface area contributed by atoms with Crippen molar-refractivity contribution in [3.05, 3.63) is 29.8 Å². The number of hydrogen-bond donors (Lipinski definition) is 3. The van der Waals surface area contributed by atoms with E-state index in [0.29, 0.717) is 6.61 Å². The van der Waals surface area contributed by atoms with Crippen LogP contribution in [0.15, 0.2) is 24.3 Å². The van der Waals surface area contributed by atoms with Gasteiger partial charge in [0.05, 0.1) is 18.6 Å². The van der Waals surface area contributed by atoms with Gasteiger partial charge >= 0.3 is 5.97 Å². The number of carboxylic acid groups (broad SMARTS) is 1. The summed E-state index contributed by atoms with van der Waals surface area (Å²) in [5.41, 5.74) is 6.98. The first-order valence-electron chi connectivity index (χ1n) is 7.10. The van der Waals surface area contributed by atoms with Crippen LogP contribution in [0.2, 0.25) is 0 Å². The molecule has 1 fully saturated rings. The number of aliphatic carboxylic acids is 1. The van der Waals surface area contributed by atoms with Gasteiger partial charge in [-0.05, 0) is 19.4 Å². The van der Waals surface area contributed by atoms with Crippen LogP contribution in [-0.2, 0) is 4.79 Å². The molecule has 0 bridgehead atoms. The van der Waals surface area contributed by atoms with E-state index in [4.69, 9.17) is 4.74 Å². The van der Waals surface area contributed by atoms with Gasteiger partial charge in [-0.25, -0.2) is 5.43 Å². The predicted molar refractivity (Wildman–Crippen MR) is 76.4 cm³/mol. The Balaban J connectivity index is 2.21. The van der Waals surface area contributed by atoms with Gasteiger partial charge in [0.1, 0.15) is 5.75 Å². The molecule has 0 aromatic heterocycles. The van der Waals surface area contributed by atoms with Gasteiger partial charge in [0, 0.05) is 11.6 Å². The van der Waals surface area contributed by atoms with Crippen LogP contribution in [0.25, 0.3) is 0 Å². The van der Waals surface area contributed by atoms with Crippen LogP contribution in [0.4, 0.5) is 0 Å². The number of unbranched alkanes of at least 4 members (excludes halogenated alkanes) is 1. The fourth-order valence-electron chi connectivity index (χ4n) is 2.51. The summed E-state index contributed by atoms with van der Waals surface area (Å²) < 4.78 is 5.79. The summed E-state index contributed by atoms with van der Waals surface area (Å²) in [6, 6.07) is 7.24. The van der Waals surface area contributed by atoms with Crippen LogP contribution >= 0.6 is 0 Å². The molecule has 1 aromatic rings. The van der Waals surface area contributed by atoms with Crippen molar-refractivity contribution in [1.82, 2.24) is 10.9 Å². The number of rotatable bonds is 6. The summed E-state index contributed by atoms with van der Waals surface area (Å²) >= 11 is 0. The Kier molecular flexibility index (Phi) is 4.98. The van der Waals surface area contributed by atoms with Gasteiger partial charge in [0.2, 0.25) is 0 Å². The second kappa shape index (κ2) is 6.72. The smallest absolute Gasteiger partial charge is 0.310 e. The molecule has 5 heteroatoms. The Morgan fingerprint density at radius 3 is 2.80 bits per heavy atom. The minimum atomic E-state index is -0.802. The summed E-state index contributed by atoms with van der Waals surface area (Å²) in [6.07, 6.45) is 2.06. The normalized spacial score (nSPS) is 25.6. The lowest BCUT2D eigenvalue weighted by atomic mass is 9.90. The van der Waals surface area contributed by atoms with Gasteiger partial charge in [-0.1, -0.05) is 31.5 Å². The number of nitrogens with one attached hydrogen (secondary N) is 2. The summed E-state index contributed by atoms with van der Waals surface area (Å²) in [5, 5.41) is 9.40. The fourth-order valence-corrected chi connectivity index (χ4v) is 2.51. The Morgan fingerprint density at radius 1 is 1.35 bits per heavy atom. The van der Waals surface area contributed by atoms with Crippen molar-refractivity contribution in [3.8, 4) is 5.75 Å². The molecule has 3 atom stereocenters. The standard InChI is InChI=1S/C15H22N2O3/c1-3-4-9-20-12-8-6-5-7-11(12)14-13(15(18)19)10(2)16-17-14/h5-8,10,13-14,16-17H,3-4,9H2,1-2H3,(H,18,19). The Labute approximate surface area is 119 Å². The molecule has 1 aliphatic rings. The third kappa shape index (κ3) is 3.11. The fraction of sp³-hybridized carbons (Fsp3) is 0.533. The van der Waals surface area contributed by atoms with E-state index in [-0.39, 0.29) is 12.1 Å². The maximum absolute atomic E-state index is 11.4. The topological polar surface area (TPSA) is 70.6 Å². The Morgan fingerprint density at radius 2 is 2.10 bits per heavy atom. The SMILES string of the molecule is CCCCOc1ccccc1C1NNC(C)C1C(=O)O. The van der Waals surface area contributed by atoms with Crippen LogP contribution in [-0.4, -0.2) is 23.7 Å². The quantitative estimate of drug-likeness (QED) is 0.695. The molecular weight excluding hydrogens is 256 g/mol. The number of hydrogen-bond acceptors (Lipinski definition) is 4. The maximum Gasteiger partial charge on any atom is 0.310 e. The van der Waals surface area contributed by atoms with Gasteiger partial charge in [0.25, 0.3) is 0 Å². The molecule has 1 aliphatic heterocycles. The monoisotopic (exact) mass is 278 g/mol. The number of benzene rings is 1. The average Bonchev–Trinajstić information content (AvgIpc) is 2.81. The van der Waals surface area contributed by atoms with Crippen molar-refractivity contribution in [2.24, 2.45) is 5.92 Å². The van der Waals surface area contributed by atoms with Gasteiger partial charge in [-0.2, -0.15) is 0 Å². The lowest BCUT2D eigenvalue weighted by Crippen LogP contribution is -2.30. The number of ether oxygens (including phenoxy) is 1. The van der Waals surface area contributed by atoms with Crippen molar-refractivity contribution in [2.45, 2.75) is 38.8 Å². The third-order valence-corrected chi connectivity index (χ3v) is 3.66. The summed E-state index contributed by atoms with van der Waals surface area (Å²) in [5.74, 6) is -0.546. The summed E-state index contributed by atoms with van der Waals surface area (Å²) in [7, 11) is 0. The average molecular weight is 278 g/mol. The van der Waals surface area contributed by atoms with Gasteiger partial charge < -0.3 is 9.84 Å². The Hall–Kier alpha value is -1.59. The highest BCUT2D eigenvalue weighted by molar-refractivity contribution is 5.73. The van der Waals surface area contributed by atoms with E-state index in [9.17, 15) is 9.90 Å². The third-order valence-electron chi connectivity index (χ3n) is 3.66. The molecule has 3 N–H and O–H groups in total. The minimum absolute atomic E-state index is 0.124. The molecule has 0 spiro atoms. The van der Waals surface area contributed by atoms with E-state index in [2.05, 4.69) is 17.8 Å². The van der Waals surface area contributed by atoms with Crippen LogP contribution in [0.3, 0.4) is 0 Å². The highest BCUT2D eigenvalue weighted by atomic mass is 16.5. The zero-order valence-electron chi connectivity index (χ0n) is 11.9. The number of carbonyl (C=O) groups is 1. The Bertz CT molecular complexity index is 464. The lowest BCUT2D eigenvalue weighted by molar-refractivity contribution is -0.142. The van der Waals surface area contributed by atoms with Crippen molar-refractivity contribution < 1.29 is 14.6 Å². The molecule has 1 aromatic carbocycles. The van der Waals surface area contributed by atoms with E-state index < -0.39 is 11.9 Å². The lowest BCUT2D eigenvalue weighted by Gasteiger charge is -2.20. The summed E-state index contributed by atoms with van der Waals surface area (Å²) in [4.78, 5) is 11.4. The van der Waals surface area contributed by atoms with Crippen LogP contribution < -0.4 is 15.6 Å². The van der Waals surface area contributed by atoms with Crippen molar-refractivity contribution >= 4 is 5.97 Å². The second-order valence-corrected chi connectivity index (χ2v) is 5.16. The minimum Gasteiger partial charge on any atom is -0.493 e. The molecule has 1 heterocycles. The molecule has 5 nitrogen and oxygen atoms in total. The van der Waals surface area contributed by atoms with Crippen molar-refractivity contribution in [3.63, 3.8) is 0 Å². The number of para-hydroxylation sites is 1. The maximum atomic E-state index is 11.4. The van der Waals surface area contributed by atoms with Gasteiger partial charge in [0.15, 0.2) is 0 Å². The molecule has 0 saturated carbocycles. The van der Waals surface area contributed by atoms with Crippen LogP contribution in [0.5, 0.6) is 5.75 Å². The van der Waals surface area contributed by atoms with E-state index in [1.54, 1.807) is 0 Å². The molecule has 3 unspecified atom stereocenters. The number of hydrazine groups is 1. The molecule has 1 saturated heterocycles. The molecule has 2 rings (SSSR count). The molecule has 0 amide bonds. The van der Waals surface area contributed by atoms with E-state index in [1.165, 1.54) is 0 Å². The first-order valence-corrected chi connectivity index (χ1v) is 7.10. The van der Waals surface area contributed by atoms with Gasteiger partial charge in [-0.3, -0.25) is 10.2 Å². The van der Waals surface area contributed by atoms with Crippen molar-refractivity contribution in [1.29, 1.82) is 0 Å².